The van der Waals surface area contributed by atoms with Crippen LogP contribution < -0.4 is 10.5 Å². The number of phenolic OH excluding ortho intramolecular Hbond substituents is 1. The molecule has 3 N–H and O–H groups in total. The van der Waals surface area contributed by atoms with Crippen molar-refractivity contribution >= 4 is 5.97 Å². The van der Waals surface area contributed by atoms with Gasteiger partial charge >= 0.3 is 5.97 Å². The van der Waals surface area contributed by atoms with Gasteiger partial charge in [0.1, 0.15) is 0 Å². The van der Waals surface area contributed by atoms with Crippen LogP contribution in [0.4, 0.5) is 0 Å². The van der Waals surface area contributed by atoms with E-state index < -0.39 is 0 Å². The number of phenols is 1. The van der Waals surface area contributed by atoms with Crippen molar-refractivity contribution in [3.05, 3.63) is 23.8 Å². The van der Waals surface area contributed by atoms with E-state index in [1.54, 1.807) is 18.2 Å². The highest BCUT2D eigenvalue weighted by atomic mass is 16.5. The summed E-state index contributed by atoms with van der Waals surface area (Å²) < 4.78 is 9.96. The van der Waals surface area contributed by atoms with E-state index in [0.717, 1.165) is 5.56 Å². The molecule has 0 spiro atoms. The highest BCUT2D eigenvalue weighted by molar-refractivity contribution is 5.73. The van der Waals surface area contributed by atoms with E-state index in [0.29, 0.717) is 18.8 Å². The fourth-order valence-electron chi connectivity index (χ4n) is 1.67. The Bertz CT molecular complexity index is 406. The lowest BCUT2D eigenvalue weighted by Gasteiger charge is -2.13. The second-order valence-electron chi connectivity index (χ2n) is 3.89. The van der Waals surface area contributed by atoms with Crippen LogP contribution in [0, 0.1) is 5.92 Å². The molecule has 0 aliphatic carbocycles. The van der Waals surface area contributed by atoms with Crippen molar-refractivity contribution in [3.8, 4) is 11.5 Å². The minimum Gasteiger partial charge on any atom is -0.504 e. The summed E-state index contributed by atoms with van der Waals surface area (Å²) in [5, 5.41) is 9.57. The van der Waals surface area contributed by atoms with Gasteiger partial charge in [0.2, 0.25) is 0 Å². The minimum atomic E-state index is -0.381. The van der Waals surface area contributed by atoms with Crippen LogP contribution in [0.2, 0.25) is 0 Å². The van der Waals surface area contributed by atoms with E-state index in [4.69, 9.17) is 10.5 Å². The molecule has 1 atom stereocenters. The molecule has 1 unspecified atom stereocenters. The van der Waals surface area contributed by atoms with Gasteiger partial charge in [0.25, 0.3) is 0 Å². The molecule has 0 saturated carbocycles. The molecule has 0 heterocycles. The molecule has 1 aromatic carbocycles. The van der Waals surface area contributed by atoms with Gasteiger partial charge < -0.3 is 20.3 Å². The van der Waals surface area contributed by atoms with Gasteiger partial charge in [0.05, 0.1) is 19.6 Å². The normalized spacial score (nSPS) is 11.9. The summed E-state index contributed by atoms with van der Waals surface area (Å²) in [4.78, 5) is 11.4. The van der Waals surface area contributed by atoms with Crippen LogP contribution in [0.3, 0.4) is 0 Å². The minimum absolute atomic E-state index is 0.0861. The van der Waals surface area contributed by atoms with Gasteiger partial charge in [0.15, 0.2) is 11.5 Å². The van der Waals surface area contributed by atoms with Crippen molar-refractivity contribution in [3.63, 3.8) is 0 Å². The molecule has 5 heteroatoms. The zero-order valence-electron chi connectivity index (χ0n) is 10.7. The van der Waals surface area contributed by atoms with Crippen molar-refractivity contribution in [2.24, 2.45) is 11.7 Å². The molecule has 1 rings (SSSR count). The average molecular weight is 253 g/mol. The maximum Gasteiger partial charge on any atom is 0.310 e. The number of aromatic hydroxyl groups is 1. The molecule has 0 aliphatic heterocycles. The second kappa shape index (κ2) is 6.86. The lowest BCUT2D eigenvalue weighted by molar-refractivity contribution is -0.145. The van der Waals surface area contributed by atoms with Gasteiger partial charge in [-0.15, -0.1) is 0 Å². The fraction of sp³-hybridized carbons (Fsp3) is 0.462. The summed E-state index contributed by atoms with van der Waals surface area (Å²) in [6, 6.07) is 5.00. The number of hydrogen-bond acceptors (Lipinski definition) is 5. The van der Waals surface area contributed by atoms with Gasteiger partial charge in [-0.3, -0.25) is 4.79 Å². The first-order valence-corrected chi connectivity index (χ1v) is 5.85. The zero-order valence-corrected chi connectivity index (χ0v) is 10.7. The van der Waals surface area contributed by atoms with E-state index >= 15 is 0 Å². The molecule has 18 heavy (non-hydrogen) atoms. The van der Waals surface area contributed by atoms with Gasteiger partial charge in [-0.1, -0.05) is 6.07 Å². The van der Waals surface area contributed by atoms with E-state index in [1.165, 1.54) is 7.11 Å². The maximum atomic E-state index is 11.4. The SMILES string of the molecule is CCOc1cc(CC(CN)C(=O)OC)ccc1O. The lowest BCUT2D eigenvalue weighted by Crippen LogP contribution is -2.26. The zero-order chi connectivity index (χ0) is 13.5. The number of rotatable bonds is 6. The van der Waals surface area contributed by atoms with Crippen LogP contribution in [0.25, 0.3) is 0 Å². The molecule has 0 bridgehead atoms. The Morgan fingerprint density at radius 3 is 2.78 bits per heavy atom. The largest absolute Gasteiger partial charge is 0.504 e. The highest BCUT2D eigenvalue weighted by Crippen LogP contribution is 2.27. The standard InChI is InChI=1S/C13H19NO4/c1-3-18-12-7-9(4-5-11(12)15)6-10(8-14)13(16)17-2/h4-5,7,10,15H,3,6,8,14H2,1-2H3. The highest BCUT2D eigenvalue weighted by Gasteiger charge is 2.18. The van der Waals surface area contributed by atoms with Crippen molar-refractivity contribution in [2.75, 3.05) is 20.3 Å². The van der Waals surface area contributed by atoms with Crippen LogP contribution in [0.5, 0.6) is 11.5 Å². The number of carbonyl (C=O) groups excluding carboxylic acids is 1. The van der Waals surface area contributed by atoms with Crippen LogP contribution >= 0.6 is 0 Å². The van der Waals surface area contributed by atoms with Gasteiger partial charge in [-0.2, -0.15) is 0 Å². The molecular formula is C13H19NO4. The van der Waals surface area contributed by atoms with Crippen LogP contribution in [-0.4, -0.2) is 31.3 Å². The summed E-state index contributed by atoms with van der Waals surface area (Å²) in [7, 11) is 1.34. The predicted octanol–water partition coefficient (Wildman–Crippen LogP) is 1.08. The number of methoxy groups -OCH3 is 1. The first kappa shape index (κ1) is 14.3. The molecule has 0 saturated heterocycles. The number of ether oxygens (including phenoxy) is 2. The number of benzene rings is 1. The Morgan fingerprint density at radius 1 is 1.50 bits per heavy atom. The summed E-state index contributed by atoms with van der Waals surface area (Å²) in [6.07, 6.45) is 0.462. The fourth-order valence-corrected chi connectivity index (χ4v) is 1.67. The first-order chi connectivity index (χ1) is 8.62. The van der Waals surface area contributed by atoms with Crippen LogP contribution in [0.15, 0.2) is 18.2 Å². The van der Waals surface area contributed by atoms with Crippen molar-refractivity contribution in [2.45, 2.75) is 13.3 Å². The molecule has 0 radical (unpaired) electrons. The van der Waals surface area contributed by atoms with E-state index in [1.807, 2.05) is 6.92 Å². The Balaban J connectivity index is 2.83. The monoisotopic (exact) mass is 253 g/mol. The molecule has 0 fully saturated rings. The Kier molecular flexibility index (Phi) is 5.45. The number of nitrogens with two attached hydrogens (primary N) is 1. The van der Waals surface area contributed by atoms with Crippen molar-refractivity contribution in [1.82, 2.24) is 0 Å². The van der Waals surface area contributed by atoms with Crippen LogP contribution in [-0.2, 0) is 16.0 Å². The predicted molar refractivity (Wildman–Crippen MR) is 67.5 cm³/mol. The summed E-state index contributed by atoms with van der Waals surface area (Å²) in [5.41, 5.74) is 6.41. The second-order valence-corrected chi connectivity index (χ2v) is 3.89. The number of carbonyl (C=O) groups is 1. The Labute approximate surface area is 107 Å². The van der Waals surface area contributed by atoms with Gasteiger partial charge in [0, 0.05) is 6.54 Å². The lowest BCUT2D eigenvalue weighted by atomic mass is 9.99. The van der Waals surface area contributed by atoms with E-state index in [2.05, 4.69) is 4.74 Å². The van der Waals surface area contributed by atoms with Gasteiger partial charge in [-0.05, 0) is 31.0 Å². The molecule has 5 nitrogen and oxygen atoms in total. The topological polar surface area (TPSA) is 81.8 Å². The van der Waals surface area contributed by atoms with Crippen molar-refractivity contribution in [1.29, 1.82) is 0 Å². The van der Waals surface area contributed by atoms with Crippen molar-refractivity contribution < 1.29 is 19.4 Å². The molecular weight excluding hydrogens is 234 g/mol. The number of hydrogen-bond donors (Lipinski definition) is 2. The Hall–Kier alpha value is -1.75. The molecule has 0 aliphatic rings. The molecule has 100 valence electrons. The quantitative estimate of drug-likeness (QED) is 0.741. The van der Waals surface area contributed by atoms with Gasteiger partial charge in [-0.25, -0.2) is 0 Å². The Morgan fingerprint density at radius 2 is 2.22 bits per heavy atom. The average Bonchev–Trinajstić information content (AvgIpc) is 2.39. The molecule has 1 aromatic rings. The molecule has 0 amide bonds. The summed E-state index contributed by atoms with van der Waals surface area (Å²) >= 11 is 0. The third-order valence-electron chi connectivity index (χ3n) is 2.63. The van der Waals surface area contributed by atoms with Crippen LogP contribution in [0.1, 0.15) is 12.5 Å². The third-order valence-corrected chi connectivity index (χ3v) is 2.63. The summed E-state index contributed by atoms with van der Waals surface area (Å²) in [6.45, 7) is 2.52. The van der Waals surface area contributed by atoms with E-state index in [-0.39, 0.29) is 24.2 Å². The number of esters is 1. The summed E-state index contributed by atoms with van der Waals surface area (Å²) in [5.74, 6) is -0.212. The third kappa shape index (κ3) is 3.63. The smallest absolute Gasteiger partial charge is 0.310 e. The first-order valence-electron chi connectivity index (χ1n) is 5.85. The maximum absolute atomic E-state index is 11.4. The van der Waals surface area contributed by atoms with E-state index in [9.17, 15) is 9.90 Å². The molecule has 0 aromatic heterocycles.